The van der Waals surface area contributed by atoms with Gasteiger partial charge in [-0.2, -0.15) is 0 Å². The highest BCUT2D eigenvalue weighted by molar-refractivity contribution is 4.93. The molecule has 0 aliphatic heterocycles. The highest BCUT2D eigenvalue weighted by Crippen LogP contribution is 2.06. The lowest BCUT2D eigenvalue weighted by Gasteiger charge is -2.04. The van der Waals surface area contributed by atoms with Gasteiger partial charge in [-0.15, -0.1) is 5.10 Å². The summed E-state index contributed by atoms with van der Waals surface area (Å²) >= 11 is 0. The lowest BCUT2D eigenvalue weighted by atomic mass is 10.2. The Balaban J connectivity index is 0. The summed E-state index contributed by atoms with van der Waals surface area (Å²) in [5.74, 6) is 0. The van der Waals surface area contributed by atoms with Crippen LogP contribution in [-0.4, -0.2) is 15.0 Å². The fraction of sp³-hybridized carbons (Fsp3) is 0.867. The smallest absolute Gasteiger partial charge is 0.0725 e. The van der Waals surface area contributed by atoms with Crippen LogP contribution in [0.1, 0.15) is 79.3 Å². The zero-order chi connectivity index (χ0) is 14.2. The molecule has 0 aliphatic carbocycles. The van der Waals surface area contributed by atoms with E-state index < -0.39 is 0 Å². The van der Waals surface area contributed by atoms with Gasteiger partial charge in [0.15, 0.2) is 0 Å². The largest absolute Gasteiger partial charge is 0.249 e. The third-order valence-electron chi connectivity index (χ3n) is 2.46. The van der Waals surface area contributed by atoms with Gasteiger partial charge >= 0.3 is 0 Å². The van der Waals surface area contributed by atoms with Gasteiger partial charge in [0.05, 0.1) is 11.9 Å². The monoisotopic (exact) mass is 255 g/mol. The van der Waals surface area contributed by atoms with Crippen LogP contribution in [-0.2, 0) is 13.0 Å². The first-order valence-electron chi connectivity index (χ1n) is 7.75. The number of aryl methyl sites for hydroxylation is 2. The van der Waals surface area contributed by atoms with Gasteiger partial charge in [-0.05, 0) is 19.3 Å². The SMILES string of the molecule is CC.CC.CCCCCc1cnnn1CCCC. The van der Waals surface area contributed by atoms with Crippen molar-refractivity contribution in [3.63, 3.8) is 0 Å². The Hall–Kier alpha value is -0.860. The van der Waals surface area contributed by atoms with Gasteiger partial charge in [0.2, 0.25) is 0 Å². The van der Waals surface area contributed by atoms with E-state index in [4.69, 9.17) is 0 Å². The van der Waals surface area contributed by atoms with Gasteiger partial charge < -0.3 is 0 Å². The van der Waals surface area contributed by atoms with Crippen molar-refractivity contribution in [3.8, 4) is 0 Å². The number of nitrogens with zero attached hydrogens (tertiary/aromatic N) is 3. The predicted octanol–water partition coefficient (Wildman–Crippen LogP) is 4.86. The van der Waals surface area contributed by atoms with Crippen LogP contribution in [0.25, 0.3) is 0 Å². The van der Waals surface area contributed by atoms with Gasteiger partial charge in [-0.1, -0.05) is 66.0 Å². The zero-order valence-corrected chi connectivity index (χ0v) is 13.4. The summed E-state index contributed by atoms with van der Waals surface area (Å²) in [4.78, 5) is 0. The van der Waals surface area contributed by atoms with E-state index in [-0.39, 0.29) is 0 Å². The summed E-state index contributed by atoms with van der Waals surface area (Å²) in [5.41, 5.74) is 1.30. The second-order valence-electron chi connectivity index (χ2n) is 3.76. The molecule has 18 heavy (non-hydrogen) atoms. The van der Waals surface area contributed by atoms with E-state index in [1.54, 1.807) is 0 Å². The van der Waals surface area contributed by atoms with Crippen LogP contribution in [0.5, 0.6) is 0 Å². The maximum absolute atomic E-state index is 4.10. The molecule has 0 radical (unpaired) electrons. The summed E-state index contributed by atoms with van der Waals surface area (Å²) < 4.78 is 2.05. The molecule has 1 heterocycles. The molecule has 0 aliphatic rings. The summed E-state index contributed by atoms with van der Waals surface area (Å²) in [7, 11) is 0. The fourth-order valence-electron chi connectivity index (χ4n) is 1.52. The molecule has 0 atom stereocenters. The van der Waals surface area contributed by atoms with Crippen molar-refractivity contribution < 1.29 is 0 Å². The Morgan fingerprint density at radius 1 is 0.944 bits per heavy atom. The minimum atomic E-state index is 1.03. The van der Waals surface area contributed by atoms with Crippen LogP contribution < -0.4 is 0 Å². The van der Waals surface area contributed by atoms with Crippen LogP contribution >= 0.6 is 0 Å². The zero-order valence-electron chi connectivity index (χ0n) is 13.4. The molecular formula is C15H33N3. The maximum Gasteiger partial charge on any atom is 0.0725 e. The maximum atomic E-state index is 4.10. The Bertz CT molecular complexity index is 244. The van der Waals surface area contributed by atoms with Crippen LogP contribution in [0.2, 0.25) is 0 Å². The first-order chi connectivity index (χ1) is 8.88. The van der Waals surface area contributed by atoms with Gasteiger partial charge in [-0.3, -0.25) is 0 Å². The van der Waals surface area contributed by atoms with Gasteiger partial charge in [0.25, 0.3) is 0 Å². The molecule has 108 valence electrons. The third-order valence-corrected chi connectivity index (χ3v) is 2.46. The highest BCUT2D eigenvalue weighted by atomic mass is 15.4. The second-order valence-corrected chi connectivity index (χ2v) is 3.76. The lowest BCUT2D eigenvalue weighted by molar-refractivity contribution is 0.526. The van der Waals surface area contributed by atoms with Crippen LogP contribution in [0.15, 0.2) is 6.20 Å². The first-order valence-corrected chi connectivity index (χ1v) is 7.75. The predicted molar refractivity (Wildman–Crippen MR) is 80.9 cm³/mol. The topological polar surface area (TPSA) is 30.7 Å². The molecule has 0 N–H and O–H groups in total. The molecule has 1 aromatic heterocycles. The standard InChI is InChI=1S/C11H21N3.2C2H6/c1-3-5-7-8-11-10-12-13-14(11)9-6-4-2;2*1-2/h10H,3-9H2,1-2H3;2*1-2H3. The normalized spacial score (nSPS) is 9.00. The number of unbranched alkanes of at least 4 members (excludes halogenated alkanes) is 3. The van der Waals surface area contributed by atoms with Gasteiger partial charge in [-0.25, -0.2) is 4.68 Å². The fourth-order valence-corrected chi connectivity index (χ4v) is 1.52. The molecule has 0 saturated carbocycles. The van der Waals surface area contributed by atoms with E-state index >= 15 is 0 Å². The van der Waals surface area contributed by atoms with Gasteiger partial charge in [0, 0.05) is 6.54 Å². The van der Waals surface area contributed by atoms with Crippen LogP contribution in [0.4, 0.5) is 0 Å². The van der Waals surface area contributed by atoms with Crippen molar-refractivity contribution in [2.45, 2.75) is 86.6 Å². The van der Waals surface area contributed by atoms with Crippen molar-refractivity contribution in [1.29, 1.82) is 0 Å². The molecule has 3 heteroatoms. The molecule has 1 aromatic rings. The molecule has 0 unspecified atom stereocenters. The van der Waals surface area contributed by atoms with E-state index in [1.165, 1.54) is 37.8 Å². The highest BCUT2D eigenvalue weighted by Gasteiger charge is 2.02. The minimum Gasteiger partial charge on any atom is -0.249 e. The van der Waals surface area contributed by atoms with Crippen molar-refractivity contribution in [1.82, 2.24) is 15.0 Å². The molecule has 0 saturated heterocycles. The average molecular weight is 255 g/mol. The second kappa shape index (κ2) is 16.1. The summed E-state index contributed by atoms with van der Waals surface area (Å²) in [5, 5.41) is 8.07. The Kier molecular flexibility index (Phi) is 17.5. The lowest BCUT2D eigenvalue weighted by Crippen LogP contribution is -2.05. The van der Waals surface area contributed by atoms with E-state index in [0.717, 1.165) is 13.0 Å². The molecule has 0 spiro atoms. The molecule has 3 nitrogen and oxygen atoms in total. The summed E-state index contributed by atoms with van der Waals surface area (Å²) in [6.07, 6.45) is 9.29. The van der Waals surface area contributed by atoms with Gasteiger partial charge in [0.1, 0.15) is 0 Å². The van der Waals surface area contributed by atoms with Crippen molar-refractivity contribution in [2.24, 2.45) is 0 Å². The number of rotatable bonds is 7. The summed E-state index contributed by atoms with van der Waals surface area (Å²) in [6.45, 7) is 13.5. The average Bonchev–Trinajstić information content (AvgIpc) is 2.89. The molecule has 0 bridgehead atoms. The number of hydrogen-bond donors (Lipinski definition) is 0. The molecule has 0 fully saturated rings. The summed E-state index contributed by atoms with van der Waals surface area (Å²) in [6, 6.07) is 0. The molecule has 0 aromatic carbocycles. The van der Waals surface area contributed by atoms with E-state index in [9.17, 15) is 0 Å². The quantitative estimate of drug-likeness (QED) is 0.651. The molecule has 0 amide bonds. The Labute approximate surface area is 114 Å². The first kappa shape index (κ1) is 19.5. The molecular weight excluding hydrogens is 222 g/mol. The van der Waals surface area contributed by atoms with E-state index in [2.05, 4.69) is 28.8 Å². The molecule has 1 rings (SSSR count). The number of aromatic nitrogens is 3. The van der Waals surface area contributed by atoms with Crippen molar-refractivity contribution in [2.75, 3.05) is 0 Å². The Morgan fingerprint density at radius 3 is 2.11 bits per heavy atom. The van der Waals surface area contributed by atoms with E-state index in [0.29, 0.717) is 0 Å². The Morgan fingerprint density at radius 2 is 1.56 bits per heavy atom. The van der Waals surface area contributed by atoms with E-state index in [1.807, 2.05) is 33.9 Å². The van der Waals surface area contributed by atoms with Crippen LogP contribution in [0, 0.1) is 0 Å². The third kappa shape index (κ3) is 9.20. The minimum absolute atomic E-state index is 1.03. The van der Waals surface area contributed by atoms with Crippen molar-refractivity contribution >= 4 is 0 Å². The van der Waals surface area contributed by atoms with Crippen LogP contribution in [0.3, 0.4) is 0 Å². The van der Waals surface area contributed by atoms with Crippen molar-refractivity contribution in [3.05, 3.63) is 11.9 Å². The number of hydrogen-bond acceptors (Lipinski definition) is 2.